The summed E-state index contributed by atoms with van der Waals surface area (Å²) in [7, 11) is 0. The van der Waals surface area contributed by atoms with Gasteiger partial charge in [-0.1, -0.05) is 6.08 Å². The fourth-order valence-corrected chi connectivity index (χ4v) is 1.45. The number of carbonyl (C=O) groups is 1. The van der Waals surface area contributed by atoms with Crippen LogP contribution in [0.3, 0.4) is 0 Å². The molecule has 1 saturated heterocycles. The number of hydrogen-bond acceptors (Lipinski definition) is 3. The average Bonchev–Trinajstić information content (AvgIpc) is 2.22. The van der Waals surface area contributed by atoms with Crippen molar-refractivity contribution in [3.05, 3.63) is 12.7 Å². The van der Waals surface area contributed by atoms with E-state index in [-0.39, 0.29) is 0 Å². The van der Waals surface area contributed by atoms with Crippen molar-refractivity contribution in [2.45, 2.75) is 38.3 Å². The first-order chi connectivity index (χ1) is 5.82. The molecule has 1 N–H and O–H groups in total. The van der Waals surface area contributed by atoms with Gasteiger partial charge in [0.15, 0.2) is 11.4 Å². The molecule has 0 aromatic rings. The molecule has 74 valence electrons. The second-order valence-corrected chi connectivity index (χ2v) is 3.69. The zero-order valence-corrected chi connectivity index (χ0v) is 8.03. The lowest BCUT2D eigenvalue weighted by molar-refractivity contribution is -0.182. The second-order valence-electron chi connectivity index (χ2n) is 3.69. The maximum Gasteiger partial charge on any atom is 0.338 e. The summed E-state index contributed by atoms with van der Waals surface area (Å²) in [5.41, 5.74) is -1.33. The van der Waals surface area contributed by atoms with Gasteiger partial charge in [-0.3, -0.25) is 0 Å². The predicted octanol–water partition coefficient (Wildman–Crippen LogP) is 1.17. The van der Waals surface area contributed by atoms with Crippen LogP contribution < -0.4 is 0 Å². The fourth-order valence-electron chi connectivity index (χ4n) is 1.45. The zero-order chi connectivity index (χ0) is 10.3. The maximum atomic E-state index is 10.9. The van der Waals surface area contributed by atoms with Crippen molar-refractivity contribution in [3.63, 3.8) is 0 Å². The van der Waals surface area contributed by atoms with Crippen LogP contribution in [0, 0.1) is 0 Å². The summed E-state index contributed by atoms with van der Waals surface area (Å²) in [6.45, 7) is 8.36. The minimum Gasteiger partial charge on any atom is -0.479 e. The van der Waals surface area contributed by atoms with Crippen molar-refractivity contribution < 1.29 is 19.4 Å². The molecule has 1 fully saturated rings. The van der Waals surface area contributed by atoms with Gasteiger partial charge in [-0.2, -0.15) is 0 Å². The first-order valence-electron chi connectivity index (χ1n) is 4.06. The van der Waals surface area contributed by atoms with Crippen LogP contribution in [0.15, 0.2) is 12.7 Å². The second kappa shape index (κ2) is 2.82. The number of hydrogen-bond donors (Lipinski definition) is 1. The molecule has 0 saturated carbocycles. The summed E-state index contributed by atoms with van der Waals surface area (Å²) in [5, 5.41) is 8.95. The van der Waals surface area contributed by atoms with Crippen LogP contribution in [0.4, 0.5) is 0 Å². The van der Waals surface area contributed by atoms with Gasteiger partial charge in [0.2, 0.25) is 0 Å². The van der Waals surface area contributed by atoms with Crippen LogP contribution >= 0.6 is 0 Å². The third kappa shape index (κ3) is 1.59. The molecule has 2 atom stereocenters. The number of ether oxygens (including phenoxy) is 2. The zero-order valence-electron chi connectivity index (χ0n) is 8.03. The van der Waals surface area contributed by atoms with E-state index in [0.29, 0.717) is 0 Å². The Balaban J connectivity index is 2.98. The molecular formula is C9H14O4. The van der Waals surface area contributed by atoms with E-state index in [0.717, 1.165) is 0 Å². The first kappa shape index (κ1) is 10.2. The molecule has 1 rings (SSSR count). The summed E-state index contributed by atoms with van der Waals surface area (Å²) in [5.74, 6) is -1.91. The largest absolute Gasteiger partial charge is 0.479 e. The quantitative estimate of drug-likeness (QED) is 0.657. The molecule has 0 unspecified atom stereocenters. The Morgan fingerprint density at radius 1 is 1.54 bits per heavy atom. The molecular weight excluding hydrogens is 172 g/mol. The van der Waals surface area contributed by atoms with Gasteiger partial charge in [0.1, 0.15) is 6.10 Å². The molecule has 1 aliphatic heterocycles. The van der Waals surface area contributed by atoms with Crippen molar-refractivity contribution >= 4 is 5.97 Å². The molecule has 1 aliphatic rings. The summed E-state index contributed by atoms with van der Waals surface area (Å²) < 4.78 is 10.7. The Labute approximate surface area is 77.1 Å². The third-order valence-corrected chi connectivity index (χ3v) is 2.05. The Bertz CT molecular complexity index is 246. The lowest BCUT2D eigenvalue weighted by Gasteiger charge is -2.22. The van der Waals surface area contributed by atoms with Crippen LogP contribution in [0.25, 0.3) is 0 Å². The summed E-state index contributed by atoms with van der Waals surface area (Å²) in [4.78, 5) is 10.9. The van der Waals surface area contributed by atoms with Gasteiger partial charge < -0.3 is 14.6 Å². The lowest BCUT2D eigenvalue weighted by Crippen LogP contribution is -2.44. The SMILES string of the molecule is C=C[C@H]1OC(C)(C)O[C@@]1(C)C(=O)O. The van der Waals surface area contributed by atoms with E-state index in [1.54, 1.807) is 13.8 Å². The number of rotatable bonds is 2. The highest BCUT2D eigenvalue weighted by atomic mass is 16.8. The third-order valence-electron chi connectivity index (χ3n) is 2.05. The molecule has 4 nitrogen and oxygen atoms in total. The van der Waals surface area contributed by atoms with Gasteiger partial charge in [0, 0.05) is 0 Å². The van der Waals surface area contributed by atoms with Gasteiger partial charge in [-0.25, -0.2) is 4.79 Å². The number of carboxylic acids is 1. The summed E-state index contributed by atoms with van der Waals surface area (Å²) in [6.07, 6.45) is 0.836. The van der Waals surface area contributed by atoms with E-state index in [1.165, 1.54) is 13.0 Å². The van der Waals surface area contributed by atoms with E-state index in [9.17, 15) is 4.79 Å². The highest BCUT2D eigenvalue weighted by Crippen LogP contribution is 2.36. The molecule has 13 heavy (non-hydrogen) atoms. The standard InChI is InChI=1S/C9H14O4/c1-5-6-9(4,7(10)11)13-8(2,3)12-6/h5-6H,1H2,2-4H3,(H,10,11)/t6-,9-/m1/s1. The van der Waals surface area contributed by atoms with Crippen LogP contribution in [-0.4, -0.2) is 28.6 Å². The lowest BCUT2D eigenvalue weighted by atomic mass is 10.00. The molecule has 4 heteroatoms. The highest BCUT2D eigenvalue weighted by molar-refractivity contribution is 5.78. The summed E-state index contributed by atoms with van der Waals surface area (Å²) in [6, 6.07) is 0. The van der Waals surface area contributed by atoms with Gasteiger partial charge in [0.05, 0.1) is 0 Å². The Morgan fingerprint density at radius 3 is 2.38 bits per heavy atom. The van der Waals surface area contributed by atoms with Crippen molar-refractivity contribution in [1.82, 2.24) is 0 Å². The van der Waals surface area contributed by atoms with Crippen LogP contribution in [-0.2, 0) is 14.3 Å². The molecule has 0 radical (unpaired) electrons. The Hall–Kier alpha value is -0.870. The molecule has 0 spiro atoms. The summed E-state index contributed by atoms with van der Waals surface area (Å²) >= 11 is 0. The normalized spacial score (nSPS) is 37.3. The topological polar surface area (TPSA) is 55.8 Å². The van der Waals surface area contributed by atoms with Crippen molar-refractivity contribution in [2.24, 2.45) is 0 Å². The molecule has 0 aromatic carbocycles. The predicted molar refractivity (Wildman–Crippen MR) is 46.3 cm³/mol. The highest BCUT2D eigenvalue weighted by Gasteiger charge is 2.54. The molecule has 0 bridgehead atoms. The average molecular weight is 186 g/mol. The van der Waals surface area contributed by atoms with Gasteiger partial charge in [-0.05, 0) is 20.8 Å². The van der Waals surface area contributed by atoms with E-state index in [1.807, 2.05) is 0 Å². The van der Waals surface area contributed by atoms with Gasteiger partial charge in [-0.15, -0.1) is 6.58 Å². The van der Waals surface area contributed by atoms with E-state index in [2.05, 4.69) is 6.58 Å². The van der Waals surface area contributed by atoms with Crippen molar-refractivity contribution in [1.29, 1.82) is 0 Å². The minimum absolute atomic E-state index is 0.611. The van der Waals surface area contributed by atoms with E-state index < -0.39 is 23.5 Å². The smallest absolute Gasteiger partial charge is 0.338 e. The van der Waals surface area contributed by atoms with Crippen LogP contribution in [0.5, 0.6) is 0 Å². The minimum atomic E-state index is -1.33. The first-order valence-corrected chi connectivity index (χ1v) is 4.06. The molecule has 0 amide bonds. The van der Waals surface area contributed by atoms with Gasteiger partial charge in [0.25, 0.3) is 0 Å². The van der Waals surface area contributed by atoms with E-state index in [4.69, 9.17) is 14.6 Å². The Kier molecular flexibility index (Phi) is 2.21. The molecule has 0 aliphatic carbocycles. The number of aliphatic carboxylic acids is 1. The van der Waals surface area contributed by atoms with Crippen molar-refractivity contribution in [3.8, 4) is 0 Å². The Morgan fingerprint density at radius 2 is 2.08 bits per heavy atom. The molecule has 1 heterocycles. The maximum absolute atomic E-state index is 10.9. The fraction of sp³-hybridized carbons (Fsp3) is 0.667. The molecule has 0 aromatic heterocycles. The van der Waals surface area contributed by atoms with Crippen molar-refractivity contribution in [2.75, 3.05) is 0 Å². The van der Waals surface area contributed by atoms with E-state index >= 15 is 0 Å². The van der Waals surface area contributed by atoms with Gasteiger partial charge >= 0.3 is 5.97 Å². The number of carboxylic acid groups (broad SMARTS) is 1. The van der Waals surface area contributed by atoms with Crippen LogP contribution in [0.1, 0.15) is 20.8 Å². The van der Waals surface area contributed by atoms with Crippen LogP contribution in [0.2, 0.25) is 0 Å². The monoisotopic (exact) mass is 186 g/mol.